The Kier molecular flexibility index (Phi) is 3.02. The Morgan fingerprint density at radius 3 is 2.68 bits per heavy atom. The van der Waals surface area contributed by atoms with Crippen LogP contribution in [0.15, 0.2) is 60.8 Å². The Bertz CT molecular complexity index is 695. The molecule has 2 aromatic carbocycles. The lowest BCUT2D eigenvalue weighted by Gasteiger charge is -2.08. The first-order valence-corrected chi connectivity index (χ1v) is 6.14. The van der Waals surface area contributed by atoms with Crippen molar-refractivity contribution in [2.75, 3.05) is 5.73 Å². The second-order valence-electron chi connectivity index (χ2n) is 4.35. The summed E-state index contributed by atoms with van der Waals surface area (Å²) < 4.78 is 5.78. The highest BCUT2D eigenvalue weighted by Gasteiger charge is 2.01. The maximum Gasteiger partial charge on any atom is 0.131 e. The maximum absolute atomic E-state index is 5.82. The van der Waals surface area contributed by atoms with Gasteiger partial charge in [0.2, 0.25) is 0 Å². The van der Waals surface area contributed by atoms with Gasteiger partial charge in [-0.15, -0.1) is 0 Å². The van der Waals surface area contributed by atoms with Crippen LogP contribution in [-0.4, -0.2) is 4.98 Å². The van der Waals surface area contributed by atoms with E-state index in [0.717, 1.165) is 22.1 Å². The molecule has 0 saturated carbocycles. The molecule has 0 radical (unpaired) electrons. The molecule has 0 aliphatic carbocycles. The van der Waals surface area contributed by atoms with E-state index in [0.29, 0.717) is 12.4 Å². The Morgan fingerprint density at radius 1 is 1.00 bits per heavy atom. The molecule has 3 nitrogen and oxygen atoms in total. The van der Waals surface area contributed by atoms with Gasteiger partial charge in [0, 0.05) is 11.6 Å². The van der Waals surface area contributed by atoms with E-state index in [1.54, 1.807) is 6.20 Å². The Hall–Kier alpha value is -2.55. The zero-order valence-electron chi connectivity index (χ0n) is 10.4. The van der Waals surface area contributed by atoms with Gasteiger partial charge in [-0.1, -0.05) is 30.3 Å². The van der Waals surface area contributed by atoms with Gasteiger partial charge in [0.15, 0.2) is 0 Å². The van der Waals surface area contributed by atoms with Crippen LogP contribution in [0.5, 0.6) is 5.75 Å². The fourth-order valence-electron chi connectivity index (χ4n) is 2.01. The molecule has 0 spiro atoms. The zero-order chi connectivity index (χ0) is 13.1. The number of fused-ring (bicyclic) bond motifs is 1. The molecule has 0 amide bonds. The third-order valence-electron chi connectivity index (χ3n) is 3.02. The number of nitrogens with two attached hydrogens (primary N) is 1. The van der Waals surface area contributed by atoms with E-state index >= 15 is 0 Å². The normalized spacial score (nSPS) is 10.5. The lowest BCUT2D eigenvalue weighted by Crippen LogP contribution is -1.95. The second kappa shape index (κ2) is 4.98. The highest BCUT2D eigenvalue weighted by molar-refractivity contribution is 5.91. The van der Waals surface area contributed by atoms with E-state index in [2.05, 4.69) is 4.98 Å². The van der Waals surface area contributed by atoms with Crippen LogP contribution in [0.4, 0.5) is 5.82 Å². The summed E-state index contributed by atoms with van der Waals surface area (Å²) in [7, 11) is 0. The van der Waals surface area contributed by atoms with Gasteiger partial charge in [0.1, 0.15) is 18.2 Å². The molecule has 1 aromatic heterocycles. The zero-order valence-corrected chi connectivity index (χ0v) is 10.4. The van der Waals surface area contributed by atoms with Crippen molar-refractivity contribution in [1.29, 1.82) is 0 Å². The summed E-state index contributed by atoms with van der Waals surface area (Å²) in [6, 6.07) is 17.9. The topological polar surface area (TPSA) is 48.1 Å². The molecule has 3 heteroatoms. The summed E-state index contributed by atoms with van der Waals surface area (Å²) >= 11 is 0. The largest absolute Gasteiger partial charge is 0.489 e. The molecule has 0 unspecified atom stereocenters. The Morgan fingerprint density at radius 2 is 1.84 bits per heavy atom. The third kappa shape index (κ3) is 2.50. The molecule has 0 fully saturated rings. The smallest absolute Gasteiger partial charge is 0.131 e. The highest BCUT2D eigenvalue weighted by Crippen LogP contribution is 2.24. The van der Waals surface area contributed by atoms with Crippen LogP contribution in [0.2, 0.25) is 0 Å². The number of anilines is 1. The molecular formula is C16H14N2O. The average molecular weight is 250 g/mol. The van der Waals surface area contributed by atoms with Crippen molar-refractivity contribution in [2.45, 2.75) is 6.61 Å². The van der Waals surface area contributed by atoms with E-state index in [-0.39, 0.29) is 0 Å². The quantitative estimate of drug-likeness (QED) is 0.775. The number of rotatable bonds is 3. The first kappa shape index (κ1) is 11.5. The molecule has 0 aliphatic rings. The van der Waals surface area contributed by atoms with Gasteiger partial charge >= 0.3 is 0 Å². The van der Waals surface area contributed by atoms with E-state index in [1.165, 1.54) is 0 Å². The molecule has 3 aromatic rings. The van der Waals surface area contributed by atoms with Gasteiger partial charge < -0.3 is 10.5 Å². The van der Waals surface area contributed by atoms with Crippen molar-refractivity contribution in [3.05, 3.63) is 66.4 Å². The average Bonchev–Trinajstić information content (AvgIpc) is 2.46. The summed E-state index contributed by atoms with van der Waals surface area (Å²) in [5.74, 6) is 1.38. The van der Waals surface area contributed by atoms with Crippen LogP contribution in [0, 0.1) is 0 Å². The summed E-state index contributed by atoms with van der Waals surface area (Å²) in [6.07, 6.45) is 1.71. The van der Waals surface area contributed by atoms with E-state index in [4.69, 9.17) is 10.5 Å². The number of hydrogen-bond donors (Lipinski definition) is 1. The van der Waals surface area contributed by atoms with Crippen LogP contribution in [0.25, 0.3) is 10.8 Å². The summed E-state index contributed by atoms with van der Waals surface area (Å²) in [6.45, 7) is 0.562. The van der Waals surface area contributed by atoms with Crippen LogP contribution >= 0.6 is 0 Å². The monoisotopic (exact) mass is 250 g/mol. The summed E-state index contributed by atoms with van der Waals surface area (Å²) in [5, 5.41) is 1.99. The number of hydrogen-bond acceptors (Lipinski definition) is 3. The molecule has 0 atom stereocenters. The Balaban J connectivity index is 1.82. The lowest BCUT2D eigenvalue weighted by atomic mass is 10.1. The van der Waals surface area contributed by atoms with Gasteiger partial charge in [-0.2, -0.15) is 0 Å². The molecule has 0 bridgehead atoms. The Labute approximate surface area is 111 Å². The molecule has 19 heavy (non-hydrogen) atoms. The van der Waals surface area contributed by atoms with Crippen molar-refractivity contribution in [3.8, 4) is 5.75 Å². The summed E-state index contributed by atoms with van der Waals surface area (Å²) in [4.78, 5) is 4.07. The van der Waals surface area contributed by atoms with Crippen molar-refractivity contribution in [2.24, 2.45) is 0 Å². The number of pyridine rings is 1. The third-order valence-corrected chi connectivity index (χ3v) is 3.02. The van der Waals surface area contributed by atoms with Crippen molar-refractivity contribution in [3.63, 3.8) is 0 Å². The number of aromatic nitrogens is 1. The first-order chi connectivity index (χ1) is 9.33. The van der Waals surface area contributed by atoms with Crippen LogP contribution < -0.4 is 10.5 Å². The van der Waals surface area contributed by atoms with Crippen molar-refractivity contribution < 1.29 is 4.74 Å². The standard InChI is InChI=1S/C16H14N2O/c17-16-15-7-6-14(10-13(15)8-9-18-16)19-11-12-4-2-1-3-5-12/h1-10H,11H2,(H2,17,18). The number of benzene rings is 2. The first-order valence-electron chi connectivity index (χ1n) is 6.14. The van der Waals surface area contributed by atoms with Crippen LogP contribution in [0.1, 0.15) is 5.56 Å². The fourth-order valence-corrected chi connectivity index (χ4v) is 2.01. The molecule has 3 rings (SSSR count). The van der Waals surface area contributed by atoms with Gasteiger partial charge in [-0.25, -0.2) is 4.98 Å². The maximum atomic E-state index is 5.82. The number of nitrogens with zero attached hydrogens (tertiary/aromatic N) is 1. The molecule has 1 heterocycles. The molecular weight excluding hydrogens is 236 g/mol. The highest BCUT2D eigenvalue weighted by atomic mass is 16.5. The summed E-state index contributed by atoms with van der Waals surface area (Å²) in [5.41, 5.74) is 6.97. The minimum Gasteiger partial charge on any atom is -0.489 e. The number of nitrogen functional groups attached to an aromatic ring is 1. The number of ether oxygens (including phenoxy) is 1. The molecule has 94 valence electrons. The molecule has 0 aliphatic heterocycles. The van der Waals surface area contributed by atoms with Gasteiger partial charge in [0.05, 0.1) is 0 Å². The molecule has 0 saturated heterocycles. The van der Waals surface area contributed by atoms with E-state index in [9.17, 15) is 0 Å². The second-order valence-corrected chi connectivity index (χ2v) is 4.35. The van der Waals surface area contributed by atoms with Crippen LogP contribution in [-0.2, 0) is 6.61 Å². The molecule has 2 N–H and O–H groups in total. The minimum absolute atomic E-state index is 0.548. The predicted molar refractivity (Wildman–Crippen MR) is 76.9 cm³/mol. The SMILES string of the molecule is Nc1nccc2cc(OCc3ccccc3)ccc12. The predicted octanol–water partition coefficient (Wildman–Crippen LogP) is 3.40. The van der Waals surface area contributed by atoms with Gasteiger partial charge in [-0.05, 0) is 35.2 Å². The van der Waals surface area contributed by atoms with Crippen molar-refractivity contribution >= 4 is 16.6 Å². The lowest BCUT2D eigenvalue weighted by molar-refractivity contribution is 0.306. The van der Waals surface area contributed by atoms with Gasteiger partial charge in [-0.3, -0.25) is 0 Å². The fraction of sp³-hybridized carbons (Fsp3) is 0.0625. The minimum atomic E-state index is 0.548. The van der Waals surface area contributed by atoms with Crippen molar-refractivity contribution in [1.82, 2.24) is 4.98 Å². The van der Waals surface area contributed by atoms with Crippen LogP contribution in [0.3, 0.4) is 0 Å². The van der Waals surface area contributed by atoms with E-state index in [1.807, 2.05) is 54.6 Å². The van der Waals surface area contributed by atoms with Gasteiger partial charge in [0.25, 0.3) is 0 Å². The van der Waals surface area contributed by atoms with E-state index < -0.39 is 0 Å².